The molecular weight excluding hydrogens is 689 g/mol. The molecule has 12 aromatic rings. The first-order valence-corrected chi connectivity index (χ1v) is 18.4. The van der Waals surface area contributed by atoms with Crippen molar-refractivity contribution in [1.29, 1.82) is 0 Å². The van der Waals surface area contributed by atoms with Crippen LogP contribution in [0.5, 0.6) is 0 Å². The Morgan fingerprint density at radius 3 is 1.21 bits per heavy atom. The fourth-order valence-electron chi connectivity index (χ4n) is 8.92. The van der Waals surface area contributed by atoms with Crippen LogP contribution in [-0.4, -0.2) is 9.13 Å². The molecule has 0 amide bonds. The highest BCUT2D eigenvalue weighted by Gasteiger charge is 2.23. The number of furan rings is 2. The van der Waals surface area contributed by atoms with Crippen molar-refractivity contribution in [3.63, 3.8) is 0 Å². The van der Waals surface area contributed by atoms with Crippen molar-refractivity contribution in [2.75, 3.05) is 0 Å². The van der Waals surface area contributed by atoms with Gasteiger partial charge in [-0.2, -0.15) is 0 Å². The quantitative estimate of drug-likeness (QED) is 0.171. The maximum atomic E-state index is 8.31. The van der Waals surface area contributed by atoms with E-state index in [-0.39, 0.29) is 0 Å². The van der Waals surface area contributed by atoms with Crippen molar-refractivity contribution in [2.24, 2.45) is 0 Å². The van der Waals surface area contributed by atoms with Crippen molar-refractivity contribution in [3.05, 3.63) is 181 Å². The van der Waals surface area contributed by atoms with E-state index < -0.39 is 0 Å². The molecule has 0 aliphatic carbocycles. The lowest BCUT2D eigenvalue weighted by Gasteiger charge is -2.15. The van der Waals surface area contributed by atoms with Gasteiger partial charge in [-0.15, -0.1) is 0 Å². The van der Waals surface area contributed by atoms with E-state index in [0.29, 0.717) is 11.4 Å². The van der Waals surface area contributed by atoms with Gasteiger partial charge in [-0.25, -0.2) is 9.69 Å². The summed E-state index contributed by atoms with van der Waals surface area (Å²) >= 11 is 0. The van der Waals surface area contributed by atoms with Gasteiger partial charge in [0.05, 0.1) is 46.6 Å². The van der Waals surface area contributed by atoms with Crippen LogP contribution in [0.4, 0.5) is 11.4 Å². The summed E-state index contributed by atoms with van der Waals surface area (Å²) in [4.78, 5) is 8.09. The van der Waals surface area contributed by atoms with Crippen LogP contribution < -0.4 is 0 Å². The average molecular weight is 715 g/mol. The fourth-order valence-corrected chi connectivity index (χ4v) is 8.92. The van der Waals surface area contributed by atoms with Crippen LogP contribution in [0.1, 0.15) is 0 Å². The zero-order chi connectivity index (χ0) is 37.1. The Morgan fingerprint density at radius 1 is 0.375 bits per heavy atom. The van der Waals surface area contributed by atoms with Crippen LogP contribution in [0.25, 0.3) is 120 Å². The van der Waals surface area contributed by atoms with E-state index in [1.165, 1.54) is 0 Å². The van der Waals surface area contributed by atoms with Crippen LogP contribution in [0.2, 0.25) is 0 Å². The molecule has 0 saturated heterocycles. The highest BCUT2D eigenvalue weighted by molar-refractivity contribution is 6.23. The SMILES string of the molecule is [C-]#[N+]c1ccc(-c2ccc([N+]#[C-])c(-n3c4ccccc4c4ccc5c6ccccc6oc5c43)c2)cc1-n1c2ccccc2c2ccc3c4ccccc4oc3c21. The molecule has 0 unspecified atom stereocenters. The van der Waals surface area contributed by atoms with E-state index in [9.17, 15) is 0 Å². The average Bonchev–Trinajstić information content (AvgIpc) is 4.01. The molecule has 6 heteroatoms. The highest BCUT2D eigenvalue weighted by Crippen LogP contribution is 2.45. The highest BCUT2D eigenvalue weighted by atomic mass is 16.3. The molecule has 0 radical (unpaired) electrons. The Bertz CT molecular complexity index is 3500. The van der Waals surface area contributed by atoms with Crippen LogP contribution in [0.3, 0.4) is 0 Å². The van der Waals surface area contributed by atoms with Gasteiger partial charge in [0, 0.05) is 43.1 Å². The Balaban J connectivity index is 1.14. The summed E-state index contributed by atoms with van der Waals surface area (Å²) in [5, 5.41) is 8.44. The molecule has 0 aliphatic rings. The van der Waals surface area contributed by atoms with Crippen molar-refractivity contribution in [2.45, 2.75) is 0 Å². The second-order valence-corrected chi connectivity index (χ2v) is 14.2. The Kier molecular flexibility index (Phi) is 6.10. The van der Waals surface area contributed by atoms with Crippen LogP contribution in [0.15, 0.2) is 167 Å². The van der Waals surface area contributed by atoms with Gasteiger partial charge in [-0.3, -0.25) is 0 Å². The van der Waals surface area contributed by atoms with Gasteiger partial charge >= 0.3 is 0 Å². The van der Waals surface area contributed by atoms with Gasteiger partial charge in [0.25, 0.3) is 0 Å². The molecule has 0 spiro atoms. The summed E-state index contributed by atoms with van der Waals surface area (Å²) in [6.07, 6.45) is 0. The topological polar surface area (TPSA) is 44.9 Å². The molecule has 0 saturated carbocycles. The maximum absolute atomic E-state index is 8.31. The molecule has 4 aromatic heterocycles. The van der Waals surface area contributed by atoms with Crippen LogP contribution in [-0.2, 0) is 0 Å². The number of aromatic nitrogens is 2. The second-order valence-electron chi connectivity index (χ2n) is 14.2. The summed E-state index contributed by atoms with van der Waals surface area (Å²) in [6.45, 7) is 16.6. The van der Waals surface area contributed by atoms with Crippen LogP contribution in [0, 0.1) is 13.1 Å². The molecule has 56 heavy (non-hydrogen) atoms. The molecule has 258 valence electrons. The Hall–Kier alpha value is -8.06. The number of benzene rings is 8. The molecule has 0 fully saturated rings. The first kappa shape index (κ1) is 30.4. The minimum absolute atomic E-state index is 0.525. The zero-order valence-corrected chi connectivity index (χ0v) is 29.6. The summed E-state index contributed by atoms with van der Waals surface area (Å²) in [5.41, 5.74) is 11.4. The summed E-state index contributed by atoms with van der Waals surface area (Å²) in [5.74, 6) is 0. The number of para-hydroxylation sites is 4. The van der Waals surface area contributed by atoms with Gasteiger partial charge in [0.15, 0.2) is 11.2 Å². The summed E-state index contributed by atoms with van der Waals surface area (Å²) < 4.78 is 17.6. The third-order valence-electron chi connectivity index (χ3n) is 11.4. The Labute approximate surface area is 318 Å². The molecule has 0 N–H and O–H groups in total. The second kappa shape index (κ2) is 11.2. The number of nitrogens with zero attached hydrogens (tertiary/aromatic N) is 4. The van der Waals surface area contributed by atoms with E-state index in [1.54, 1.807) is 0 Å². The summed E-state index contributed by atoms with van der Waals surface area (Å²) in [7, 11) is 0. The number of hydrogen-bond acceptors (Lipinski definition) is 2. The zero-order valence-electron chi connectivity index (χ0n) is 29.6. The molecule has 8 aromatic carbocycles. The lowest BCUT2D eigenvalue weighted by Crippen LogP contribution is -1.97. The molecule has 6 nitrogen and oxygen atoms in total. The van der Waals surface area contributed by atoms with E-state index >= 15 is 0 Å². The molecule has 4 heterocycles. The molecule has 12 rings (SSSR count). The van der Waals surface area contributed by atoms with Crippen molar-refractivity contribution in [1.82, 2.24) is 9.13 Å². The van der Waals surface area contributed by atoms with Gasteiger partial charge in [-0.1, -0.05) is 109 Å². The monoisotopic (exact) mass is 714 g/mol. The van der Waals surface area contributed by atoms with E-state index in [0.717, 1.165) is 110 Å². The Morgan fingerprint density at radius 2 is 0.768 bits per heavy atom. The first-order valence-electron chi connectivity index (χ1n) is 18.4. The van der Waals surface area contributed by atoms with Crippen molar-refractivity contribution >= 4 is 98.9 Å². The number of fused-ring (bicyclic) bond motifs is 14. The van der Waals surface area contributed by atoms with E-state index in [1.807, 2.05) is 72.8 Å². The van der Waals surface area contributed by atoms with Gasteiger partial charge in [0.2, 0.25) is 11.4 Å². The maximum Gasteiger partial charge on any atom is 0.210 e. The minimum Gasteiger partial charge on any atom is -0.454 e. The van der Waals surface area contributed by atoms with Crippen molar-refractivity contribution in [3.8, 4) is 22.5 Å². The van der Waals surface area contributed by atoms with Crippen molar-refractivity contribution < 1.29 is 8.83 Å². The number of rotatable bonds is 3. The lowest BCUT2D eigenvalue weighted by molar-refractivity contribution is 0.670. The normalized spacial score (nSPS) is 11.9. The standard InChI is InChI=1S/C50H26N4O2/c1-51-39-25-19-29(27-43(39)53-41-15-7-3-11-31(41)35-21-23-37-33-13-5-9-17-45(33)55-49(37)47(35)53)30-20-26-40(52-2)44(28-30)54-42-16-8-4-12-32(42)36-22-24-38-34-14-6-10-18-46(34)56-50(38)48(36)54/h3-28H. The van der Waals surface area contributed by atoms with Gasteiger partial charge in [-0.05, 0) is 59.7 Å². The first-order chi connectivity index (χ1) is 27.7. The van der Waals surface area contributed by atoms with Gasteiger partial charge < -0.3 is 18.0 Å². The lowest BCUT2D eigenvalue weighted by atomic mass is 10.0. The van der Waals surface area contributed by atoms with E-state index in [4.69, 9.17) is 22.0 Å². The minimum atomic E-state index is 0.525. The largest absolute Gasteiger partial charge is 0.454 e. The molecular formula is C50H26N4O2. The smallest absolute Gasteiger partial charge is 0.210 e. The third-order valence-corrected chi connectivity index (χ3v) is 11.4. The molecule has 0 atom stereocenters. The van der Waals surface area contributed by atoms with E-state index in [2.05, 4.69) is 104 Å². The summed E-state index contributed by atoms with van der Waals surface area (Å²) in [6, 6.07) is 53.5. The van der Waals surface area contributed by atoms with Gasteiger partial charge in [0.1, 0.15) is 11.2 Å². The predicted molar refractivity (Wildman–Crippen MR) is 228 cm³/mol. The fraction of sp³-hybridized carbons (Fsp3) is 0. The molecule has 0 bridgehead atoms. The third kappa shape index (κ3) is 4.02. The predicted octanol–water partition coefficient (Wildman–Crippen LogP) is 14.4. The molecule has 0 aliphatic heterocycles. The van der Waals surface area contributed by atoms with Crippen LogP contribution >= 0.6 is 0 Å². The number of hydrogen-bond donors (Lipinski definition) is 0.